The van der Waals surface area contributed by atoms with Crippen LogP contribution in [0.3, 0.4) is 0 Å². The first-order valence-corrected chi connectivity index (χ1v) is 9.06. The number of benzene rings is 1. The zero-order valence-electron chi connectivity index (χ0n) is 15.1. The van der Waals surface area contributed by atoms with E-state index in [1.165, 1.54) is 6.42 Å². The standard InChI is InChI=1S/C19H28BNO3/c1-18(2)13-10-15(18)19(3)16(11-13)23-20(24-19)17(21)9-12-6-5-7-14(8-12)22-4/h5-8,13,15-17H,9-11,21H2,1-4H3/t13?,15-,16+,17-,19-/m0/s1. The summed E-state index contributed by atoms with van der Waals surface area (Å²) < 4.78 is 18.0. The van der Waals surface area contributed by atoms with Crippen molar-refractivity contribution >= 4 is 7.12 Å². The van der Waals surface area contributed by atoms with Crippen molar-refractivity contribution in [2.75, 3.05) is 7.11 Å². The molecule has 3 aliphatic carbocycles. The molecule has 4 nitrogen and oxygen atoms in total. The third-order valence-electron chi connectivity index (χ3n) is 6.92. The van der Waals surface area contributed by atoms with Crippen molar-refractivity contribution in [1.82, 2.24) is 0 Å². The van der Waals surface area contributed by atoms with Crippen molar-refractivity contribution in [3.05, 3.63) is 29.8 Å². The Balaban J connectivity index is 1.46. The fourth-order valence-corrected chi connectivity index (χ4v) is 5.25. The molecule has 1 unspecified atom stereocenters. The second kappa shape index (κ2) is 5.48. The van der Waals surface area contributed by atoms with Crippen molar-refractivity contribution in [2.24, 2.45) is 23.0 Å². The number of methoxy groups -OCH3 is 1. The zero-order valence-corrected chi connectivity index (χ0v) is 15.1. The van der Waals surface area contributed by atoms with Crippen LogP contribution in [0.2, 0.25) is 0 Å². The predicted octanol–water partition coefficient (Wildman–Crippen LogP) is 2.83. The molecule has 0 amide bonds. The highest BCUT2D eigenvalue weighted by atomic mass is 16.7. The smallest absolute Gasteiger partial charge is 0.475 e. The Hall–Kier alpha value is -1.04. The van der Waals surface area contributed by atoms with Gasteiger partial charge in [-0.2, -0.15) is 0 Å². The molecule has 24 heavy (non-hydrogen) atoms. The predicted molar refractivity (Wildman–Crippen MR) is 94.8 cm³/mol. The number of nitrogens with two attached hydrogens (primary N) is 1. The van der Waals surface area contributed by atoms with Crippen LogP contribution >= 0.6 is 0 Å². The van der Waals surface area contributed by atoms with E-state index >= 15 is 0 Å². The molecule has 1 saturated heterocycles. The quantitative estimate of drug-likeness (QED) is 0.863. The molecule has 0 radical (unpaired) electrons. The maximum absolute atomic E-state index is 6.45. The first-order valence-electron chi connectivity index (χ1n) is 9.06. The van der Waals surface area contributed by atoms with Crippen LogP contribution in [0.4, 0.5) is 0 Å². The minimum atomic E-state index is -0.318. The summed E-state index contributed by atoms with van der Waals surface area (Å²) in [4.78, 5) is 0. The lowest BCUT2D eigenvalue weighted by atomic mass is 9.43. The molecule has 130 valence electrons. The molecule has 3 saturated carbocycles. The molecular formula is C19H28BNO3. The van der Waals surface area contributed by atoms with E-state index in [1.54, 1.807) is 7.11 Å². The largest absolute Gasteiger partial charge is 0.497 e. The Morgan fingerprint density at radius 3 is 2.83 bits per heavy atom. The molecule has 4 aliphatic rings. The van der Waals surface area contributed by atoms with E-state index in [-0.39, 0.29) is 24.8 Å². The number of hydrogen-bond donors (Lipinski definition) is 1. The maximum Gasteiger partial charge on any atom is 0.475 e. The van der Waals surface area contributed by atoms with Gasteiger partial charge in [-0.15, -0.1) is 0 Å². The van der Waals surface area contributed by atoms with Gasteiger partial charge in [-0.3, -0.25) is 0 Å². The summed E-state index contributed by atoms with van der Waals surface area (Å²) in [7, 11) is 1.36. The highest BCUT2D eigenvalue weighted by molar-refractivity contribution is 6.47. The van der Waals surface area contributed by atoms with Crippen LogP contribution in [0.15, 0.2) is 24.3 Å². The molecule has 5 atom stereocenters. The number of hydrogen-bond acceptors (Lipinski definition) is 4. The van der Waals surface area contributed by atoms with E-state index in [1.807, 2.05) is 18.2 Å². The maximum atomic E-state index is 6.45. The first kappa shape index (κ1) is 16.4. The monoisotopic (exact) mass is 329 g/mol. The van der Waals surface area contributed by atoms with E-state index in [4.69, 9.17) is 19.8 Å². The Kier molecular flexibility index (Phi) is 3.75. The van der Waals surface area contributed by atoms with E-state index in [0.717, 1.165) is 30.1 Å². The molecule has 4 fully saturated rings. The van der Waals surface area contributed by atoms with Gasteiger partial charge in [0.05, 0.1) is 18.8 Å². The van der Waals surface area contributed by atoms with Crippen LogP contribution < -0.4 is 10.5 Å². The molecule has 1 aromatic rings. The van der Waals surface area contributed by atoms with Crippen LogP contribution in [0.1, 0.15) is 39.2 Å². The van der Waals surface area contributed by atoms with Crippen molar-refractivity contribution in [2.45, 2.75) is 57.7 Å². The zero-order chi connectivity index (χ0) is 17.1. The summed E-state index contributed by atoms with van der Waals surface area (Å²) in [6.45, 7) is 6.98. The molecule has 0 aromatic heterocycles. The molecule has 2 bridgehead atoms. The minimum absolute atomic E-state index is 0.167. The van der Waals surface area contributed by atoms with Crippen molar-refractivity contribution in [3.63, 3.8) is 0 Å². The van der Waals surface area contributed by atoms with Gasteiger partial charge >= 0.3 is 7.12 Å². The molecule has 5 rings (SSSR count). The summed E-state index contributed by atoms with van der Waals surface area (Å²) in [5, 5.41) is 0. The second-order valence-electron chi connectivity index (χ2n) is 8.56. The fraction of sp³-hybridized carbons (Fsp3) is 0.684. The van der Waals surface area contributed by atoms with Gasteiger partial charge in [0.15, 0.2) is 0 Å². The number of ether oxygens (including phenoxy) is 1. The summed E-state index contributed by atoms with van der Waals surface area (Å²) in [6, 6.07) is 8.05. The summed E-state index contributed by atoms with van der Waals surface area (Å²) >= 11 is 0. The van der Waals surface area contributed by atoms with Gasteiger partial charge in [-0.25, -0.2) is 0 Å². The van der Waals surface area contributed by atoms with Crippen LogP contribution in [-0.4, -0.2) is 31.9 Å². The molecular weight excluding hydrogens is 301 g/mol. The average molecular weight is 329 g/mol. The number of rotatable bonds is 4. The summed E-state index contributed by atoms with van der Waals surface area (Å²) in [6.07, 6.45) is 3.28. The van der Waals surface area contributed by atoms with E-state index in [0.29, 0.717) is 11.3 Å². The van der Waals surface area contributed by atoms with E-state index in [2.05, 4.69) is 26.8 Å². The summed E-state index contributed by atoms with van der Waals surface area (Å²) in [5.41, 5.74) is 7.78. The molecule has 2 N–H and O–H groups in total. The Labute approximate surface area is 145 Å². The summed E-state index contributed by atoms with van der Waals surface area (Å²) in [5.74, 6) is 2.02. The molecule has 1 aromatic carbocycles. The van der Waals surface area contributed by atoms with Crippen molar-refractivity contribution < 1.29 is 14.0 Å². The lowest BCUT2D eigenvalue weighted by Crippen LogP contribution is -2.65. The van der Waals surface area contributed by atoms with Gasteiger partial charge in [0, 0.05) is 5.94 Å². The van der Waals surface area contributed by atoms with Gasteiger partial charge in [-0.1, -0.05) is 26.0 Å². The third kappa shape index (κ3) is 2.32. The Morgan fingerprint density at radius 1 is 1.33 bits per heavy atom. The van der Waals surface area contributed by atoms with E-state index < -0.39 is 0 Å². The van der Waals surface area contributed by atoms with Crippen LogP contribution in [0.25, 0.3) is 0 Å². The second-order valence-corrected chi connectivity index (χ2v) is 8.56. The van der Waals surface area contributed by atoms with Crippen LogP contribution in [-0.2, 0) is 15.7 Å². The molecule has 1 heterocycles. The Bertz CT molecular complexity index is 637. The SMILES string of the molecule is COc1cccc(C[C@H](N)B2O[C@@H]3CC4C[C@@H](C4(C)C)[C@]3(C)O2)c1. The van der Waals surface area contributed by atoms with Gasteiger partial charge in [0.1, 0.15) is 5.75 Å². The van der Waals surface area contributed by atoms with Gasteiger partial charge in [0.25, 0.3) is 0 Å². The Morgan fingerprint density at radius 2 is 2.12 bits per heavy atom. The van der Waals surface area contributed by atoms with Crippen LogP contribution in [0.5, 0.6) is 5.75 Å². The molecule has 0 spiro atoms. The molecule has 1 aliphatic heterocycles. The van der Waals surface area contributed by atoms with Crippen LogP contribution in [0, 0.1) is 17.3 Å². The first-order chi connectivity index (χ1) is 11.3. The minimum Gasteiger partial charge on any atom is -0.497 e. The van der Waals surface area contributed by atoms with Gasteiger partial charge in [0.2, 0.25) is 0 Å². The lowest BCUT2D eigenvalue weighted by Gasteiger charge is -2.64. The highest BCUT2D eigenvalue weighted by Gasteiger charge is 2.68. The van der Waals surface area contributed by atoms with Gasteiger partial charge < -0.3 is 19.8 Å². The topological polar surface area (TPSA) is 53.7 Å². The van der Waals surface area contributed by atoms with Crippen molar-refractivity contribution in [3.8, 4) is 5.75 Å². The third-order valence-corrected chi connectivity index (χ3v) is 6.92. The fourth-order valence-electron chi connectivity index (χ4n) is 5.25. The lowest BCUT2D eigenvalue weighted by molar-refractivity contribution is -0.199. The highest BCUT2D eigenvalue weighted by Crippen LogP contribution is 2.65. The molecule has 5 heteroatoms. The average Bonchev–Trinajstić information content (AvgIpc) is 2.92. The van der Waals surface area contributed by atoms with Gasteiger partial charge in [-0.05, 0) is 61.1 Å². The van der Waals surface area contributed by atoms with Crippen molar-refractivity contribution in [1.29, 1.82) is 0 Å². The normalized spacial score (nSPS) is 37.5. The van der Waals surface area contributed by atoms with E-state index in [9.17, 15) is 0 Å².